The number of nitrogens with zero attached hydrogens (tertiary/aromatic N) is 5. The highest BCUT2D eigenvalue weighted by Gasteiger charge is 2.33. The summed E-state index contributed by atoms with van der Waals surface area (Å²) in [5.41, 5.74) is 0.563. The molecule has 1 saturated carbocycles. The van der Waals surface area contributed by atoms with Gasteiger partial charge in [0.1, 0.15) is 29.1 Å². The molecule has 4 heterocycles. The molecular weight excluding hydrogens is 428 g/mol. The lowest BCUT2D eigenvalue weighted by atomic mass is 9.89. The summed E-state index contributed by atoms with van der Waals surface area (Å²) in [6.07, 6.45) is 7.66. The average Bonchev–Trinajstić information content (AvgIpc) is 3.48. The van der Waals surface area contributed by atoms with Gasteiger partial charge in [-0.3, -0.25) is 9.59 Å². The van der Waals surface area contributed by atoms with E-state index in [0.717, 1.165) is 12.8 Å². The molecule has 3 N–H and O–H groups in total. The van der Waals surface area contributed by atoms with Crippen LogP contribution in [0.5, 0.6) is 0 Å². The van der Waals surface area contributed by atoms with Crippen molar-refractivity contribution in [1.29, 1.82) is 0 Å². The van der Waals surface area contributed by atoms with Crippen LogP contribution in [0.15, 0.2) is 52.3 Å². The van der Waals surface area contributed by atoms with Gasteiger partial charge >= 0.3 is 6.01 Å². The number of carbonyl (C=O) groups excluding carboxylic acids is 1. The summed E-state index contributed by atoms with van der Waals surface area (Å²) in [6.45, 7) is 0. The van der Waals surface area contributed by atoms with Crippen molar-refractivity contribution in [3.63, 3.8) is 0 Å². The minimum atomic E-state index is -0.366. The minimum absolute atomic E-state index is 0.0118. The topological polar surface area (TPSA) is 141 Å². The van der Waals surface area contributed by atoms with Crippen LogP contribution < -0.4 is 21.5 Å². The molecule has 0 aliphatic heterocycles. The van der Waals surface area contributed by atoms with E-state index in [1.165, 1.54) is 27.7 Å². The number of ether oxygens (including phenoxy) is 1. The zero-order chi connectivity index (χ0) is 22.9. The van der Waals surface area contributed by atoms with E-state index in [1.807, 2.05) is 0 Å². The van der Waals surface area contributed by atoms with Crippen molar-refractivity contribution in [3.05, 3.63) is 59.0 Å². The zero-order valence-corrected chi connectivity index (χ0v) is 18.0. The van der Waals surface area contributed by atoms with Crippen molar-refractivity contribution < 1.29 is 13.9 Å². The summed E-state index contributed by atoms with van der Waals surface area (Å²) in [5, 5.41) is 13.3. The summed E-state index contributed by atoms with van der Waals surface area (Å²) in [7, 11) is 3.37. The van der Waals surface area contributed by atoms with E-state index in [1.54, 1.807) is 38.6 Å². The molecule has 4 aromatic rings. The molecule has 12 nitrogen and oxygen atoms in total. The Kier molecular flexibility index (Phi) is 5.26. The summed E-state index contributed by atoms with van der Waals surface area (Å²) in [6, 6.07) is 5.12. The van der Waals surface area contributed by atoms with Crippen LogP contribution in [0.3, 0.4) is 0 Å². The van der Waals surface area contributed by atoms with Gasteiger partial charge in [0, 0.05) is 26.4 Å². The van der Waals surface area contributed by atoms with E-state index in [0.29, 0.717) is 22.8 Å². The molecule has 0 aromatic carbocycles. The van der Waals surface area contributed by atoms with Crippen LogP contribution in [-0.2, 0) is 4.74 Å². The van der Waals surface area contributed by atoms with Gasteiger partial charge in [-0.1, -0.05) is 0 Å². The van der Waals surface area contributed by atoms with E-state index in [-0.39, 0.29) is 35.3 Å². The second-order valence-corrected chi connectivity index (χ2v) is 7.54. The second kappa shape index (κ2) is 8.39. The number of anilines is 3. The third kappa shape index (κ3) is 3.69. The predicted octanol–water partition coefficient (Wildman–Crippen LogP) is 1.56. The first-order valence-corrected chi connectivity index (χ1v) is 10.4. The van der Waals surface area contributed by atoms with Gasteiger partial charge < -0.3 is 25.1 Å². The fraction of sp³-hybridized carbons (Fsp3) is 0.286. The van der Waals surface area contributed by atoms with Crippen LogP contribution in [0.1, 0.15) is 23.2 Å². The van der Waals surface area contributed by atoms with Crippen molar-refractivity contribution in [2.75, 3.05) is 24.8 Å². The highest BCUT2D eigenvalue weighted by molar-refractivity contribution is 6.00. The molecule has 1 aliphatic rings. The van der Waals surface area contributed by atoms with Crippen LogP contribution in [0.25, 0.3) is 11.7 Å². The molecule has 5 rings (SSSR count). The highest BCUT2D eigenvalue weighted by atomic mass is 16.5. The number of hydrogen-bond acceptors (Lipinski definition) is 9. The van der Waals surface area contributed by atoms with Crippen molar-refractivity contribution >= 4 is 28.9 Å². The maximum atomic E-state index is 12.9. The first-order chi connectivity index (χ1) is 16.1. The maximum absolute atomic E-state index is 12.9. The Morgan fingerprint density at radius 1 is 1.33 bits per heavy atom. The Labute approximate surface area is 187 Å². The molecule has 1 fully saturated rings. The first-order valence-electron chi connectivity index (χ1n) is 10.4. The van der Waals surface area contributed by atoms with E-state index in [4.69, 9.17) is 9.15 Å². The number of rotatable bonds is 7. The van der Waals surface area contributed by atoms with Crippen LogP contribution in [0.4, 0.5) is 17.3 Å². The third-order valence-corrected chi connectivity index (χ3v) is 5.64. The Bertz CT molecular complexity index is 1360. The van der Waals surface area contributed by atoms with Crippen LogP contribution in [0, 0.1) is 0 Å². The van der Waals surface area contributed by atoms with Gasteiger partial charge in [-0.25, -0.2) is 14.5 Å². The monoisotopic (exact) mass is 450 g/mol. The number of methoxy groups -OCH3 is 1. The number of carbonyl (C=O) groups is 1. The zero-order valence-electron chi connectivity index (χ0n) is 18.0. The van der Waals surface area contributed by atoms with Crippen molar-refractivity contribution in [2.24, 2.45) is 0 Å². The fourth-order valence-electron chi connectivity index (χ4n) is 3.74. The van der Waals surface area contributed by atoms with Gasteiger partial charge in [0.05, 0.1) is 24.5 Å². The number of aromatic nitrogens is 5. The number of amides is 1. The molecule has 0 saturated heterocycles. The fourth-order valence-corrected chi connectivity index (χ4v) is 3.74. The molecule has 0 unspecified atom stereocenters. The molecule has 2 atom stereocenters. The highest BCUT2D eigenvalue weighted by Crippen LogP contribution is 2.24. The van der Waals surface area contributed by atoms with Gasteiger partial charge in [0.2, 0.25) is 0 Å². The van der Waals surface area contributed by atoms with Gasteiger partial charge in [-0.2, -0.15) is 9.61 Å². The van der Waals surface area contributed by atoms with Gasteiger partial charge in [-0.05, 0) is 25.0 Å². The van der Waals surface area contributed by atoms with Gasteiger partial charge in [0.15, 0.2) is 5.65 Å². The third-order valence-electron chi connectivity index (χ3n) is 5.64. The Morgan fingerprint density at radius 3 is 2.91 bits per heavy atom. The lowest BCUT2D eigenvalue weighted by Crippen LogP contribution is -2.51. The minimum Gasteiger partial charge on any atom is -0.432 e. The van der Waals surface area contributed by atoms with Crippen LogP contribution >= 0.6 is 0 Å². The lowest BCUT2D eigenvalue weighted by Gasteiger charge is -2.35. The molecule has 33 heavy (non-hydrogen) atoms. The predicted molar refractivity (Wildman–Crippen MR) is 119 cm³/mol. The average molecular weight is 450 g/mol. The van der Waals surface area contributed by atoms with E-state index >= 15 is 0 Å². The van der Waals surface area contributed by atoms with Crippen LogP contribution in [0.2, 0.25) is 0 Å². The van der Waals surface area contributed by atoms with Gasteiger partial charge in [-0.15, -0.1) is 0 Å². The van der Waals surface area contributed by atoms with E-state index < -0.39 is 0 Å². The Balaban J connectivity index is 1.48. The number of pyridine rings is 1. The summed E-state index contributed by atoms with van der Waals surface area (Å²) in [4.78, 5) is 34.4. The molecule has 1 amide bonds. The SMILES string of the molecule is CNc1cc(Nc2cccn(-c3ncco3)c2=O)nc2c(C(=O)N[C@@H]3CC[C@H]3OC)cnn12. The molecule has 12 heteroatoms. The van der Waals surface area contributed by atoms with E-state index in [2.05, 4.69) is 31.0 Å². The quantitative estimate of drug-likeness (QED) is 0.382. The van der Waals surface area contributed by atoms with Gasteiger partial charge in [0.25, 0.3) is 11.5 Å². The molecule has 0 bridgehead atoms. The largest absolute Gasteiger partial charge is 0.432 e. The van der Waals surface area contributed by atoms with Crippen molar-refractivity contribution in [1.82, 2.24) is 29.5 Å². The molecule has 0 radical (unpaired) electrons. The summed E-state index contributed by atoms with van der Waals surface area (Å²) >= 11 is 0. The smallest absolute Gasteiger partial charge is 0.308 e. The van der Waals surface area contributed by atoms with Crippen molar-refractivity contribution in [3.8, 4) is 6.01 Å². The van der Waals surface area contributed by atoms with Crippen molar-refractivity contribution in [2.45, 2.75) is 25.0 Å². The number of fused-ring (bicyclic) bond motifs is 1. The number of hydrogen-bond donors (Lipinski definition) is 3. The van der Waals surface area contributed by atoms with Crippen LogP contribution in [-0.4, -0.2) is 56.4 Å². The van der Waals surface area contributed by atoms with E-state index in [9.17, 15) is 9.59 Å². The molecular formula is C21H22N8O4. The standard InChI is InChI=1S/C21H22N8O4/c1-22-17-10-16(25-14-4-3-8-28(20(14)31)21-23-7-9-33-21)27-18-12(11-24-29(17)18)19(30)26-13-5-6-15(13)32-2/h3-4,7-11,13,15,22H,5-6H2,1-2H3,(H,25,27)(H,26,30)/t13-,15-/m1/s1. The molecule has 0 spiro atoms. The normalized spacial score (nSPS) is 17.5. The Hall–Kier alpha value is -4.19. The Morgan fingerprint density at radius 2 is 2.21 bits per heavy atom. The molecule has 4 aromatic heterocycles. The molecule has 170 valence electrons. The number of nitrogens with one attached hydrogen (secondary N) is 3. The number of oxazole rings is 1. The molecule has 1 aliphatic carbocycles. The first kappa shape index (κ1) is 20.7. The lowest BCUT2D eigenvalue weighted by molar-refractivity contribution is 0.00732. The second-order valence-electron chi connectivity index (χ2n) is 7.54. The summed E-state index contributed by atoms with van der Waals surface area (Å²) in [5.74, 6) is 0.667. The summed E-state index contributed by atoms with van der Waals surface area (Å²) < 4.78 is 13.4. The maximum Gasteiger partial charge on any atom is 0.308 e.